The minimum atomic E-state index is -3.55. The second kappa shape index (κ2) is 7.36. The predicted molar refractivity (Wildman–Crippen MR) is 86.1 cm³/mol. The second-order valence-corrected chi connectivity index (χ2v) is 7.47. The van der Waals surface area contributed by atoms with E-state index in [1.807, 2.05) is 27.0 Å². The molecule has 0 saturated carbocycles. The van der Waals surface area contributed by atoms with Crippen LogP contribution in [0.3, 0.4) is 0 Å². The molecule has 0 aromatic heterocycles. The van der Waals surface area contributed by atoms with Crippen molar-refractivity contribution in [2.24, 2.45) is 0 Å². The van der Waals surface area contributed by atoms with Crippen molar-refractivity contribution in [1.82, 2.24) is 9.62 Å². The predicted octanol–water partition coefficient (Wildman–Crippen LogP) is 2.75. The molecule has 0 aliphatic rings. The van der Waals surface area contributed by atoms with Gasteiger partial charge in [0.1, 0.15) is 0 Å². The van der Waals surface area contributed by atoms with Crippen LogP contribution in [0.25, 0.3) is 0 Å². The molecule has 112 valence electrons. The Hall–Kier alpha value is -0.690. The molecule has 0 fully saturated rings. The summed E-state index contributed by atoms with van der Waals surface area (Å²) in [5.74, 6) is 0. The van der Waals surface area contributed by atoms with Crippen molar-refractivity contribution in [1.29, 1.82) is 0 Å². The molecule has 20 heavy (non-hydrogen) atoms. The van der Waals surface area contributed by atoms with Gasteiger partial charge in [-0.3, -0.25) is 0 Å². The Morgan fingerprint density at radius 1 is 1.45 bits per heavy atom. The summed E-state index contributed by atoms with van der Waals surface area (Å²) in [6.45, 7) is 8.26. The third kappa shape index (κ3) is 3.91. The Bertz CT molecular complexity index is 571. The van der Waals surface area contributed by atoms with Gasteiger partial charge in [-0.1, -0.05) is 12.1 Å². The van der Waals surface area contributed by atoms with Gasteiger partial charge in [-0.2, -0.15) is 4.31 Å². The highest BCUT2D eigenvalue weighted by molar-refractivity contribution is 9.10. The number of halogens is 1. The van der Waals surface area contributed by atoms with Crippen LogP contribution in [0.15, 0.2) is 40.2 Å². The molecule has 0 aliphatic heterocycles. The topological polar surface area (TPSA) is 49.4 Å². The van der Waals surface area contributed by atoms with Crippen LogP contribution in [-0.4, -0.2) is 32.4 Å². The summed E-state index contributed by atoms with van der Waals surface area (Å²) in [7, 11) is -1.72. The number of nitrogens with one attached hydrogen (secondary N) is 1. The summed E-state index contributed by atoms with van der Waals surface area (Å²) in [5.41, 5.74) is 0.927. The largest absolute Gasteiger partial charge is 0.316 e. The monoisotopic (exact) mass is 360 g/mol. The van der Waals surface area contributed by atoms with Crippen molar-refractivity contribution >= 4 is 26.0 Å². The van der Waals surface area contributed by atoms with E-state index < -0.39 is 10.0 Å². The minimum absolute atomic E-state index is 0.127. The smallest absolute Gasteiger partial charge is 0.244 e. The highest BCUT2D eigenvalue weighted by Gasteiger charge is 2.28. The van der Waals surface area contributed by atoms with Gasteiger partial charge in [-0.25, -0.2) is 8.42 Å². The lowest BCUT2D eigenvalue weighted by atomic mass is 10.2. The third-order valence-electron chi connectivity index (χ3n) is 2.85. The molecular formula is C14H21BrN2O2S. The number of hydrogen-bond acceptors (Lipinski definition) is 3. The van der Waals surface area contributed by atoms with Gasteiger partial charge < -0.3 is 5.32 Å². The molecule has 0 radical (unpaired) electrons. The van der Waals surface area contributed by atoms with Crippen LogP contribution >= 0.6 is 15.9 Å². The van der Waals surface area contributed by atoms with Crippen molar-refractivity contribution in [3.8, 4) is 0 Å². The van der Waals surface area contributed by atoms with E-state index >= 15 is 0 Å². The van der Waals surface area contributed by atoms with Crippen LogP contribution in [0.5, 0.6) is 0 Å². The highest BCUT2D eigenvalue weighted by atomic mass is 79.9. The average molecular weight is 361 g/mol. The number of sulfonamides is 1. The summed E-state index contributed by atoms with van der Waals surface area (Å²) in [6.07, 6.45) is 1.60. The summed E-state index contributed by atoms with van der Waals surface area (Å²) in [4.78, 5) is 0.292. The number of benzene rings is 1. The van der Waals surface area contributed by atoms with E-state index in [1.165, 1.54) is 4.31 Å². The molecule has 1 aromatic carbocycles. The summed E-state index contributed by atoms with van der Waals surface area (Å²) in [5, 5.41) is 3.02. The molecule has 4 nitrogen and oxygen atoms in total. The highest BCUT2D eigenvalue weighted by Crippen LogP contribution is 2.27. The van der Waals surface area contributed by atoms with E-state index in [0.717, 1.165) is 5.56 Å². The van der Waals surface area contributed by atoms with Crippen molar-refractivity contribution in [3.05, 3.63) is 40.9 Å². The first kappa shape index (κ1) is 17.4. The van der Waals surface area contributed by atoms with Crippen LogP contribution in [0, 0.1) is 0 Å². The molecule has 0 bridgehead atoms. The van der Waals surface area contributed by atoms with Crippen molar-refractivity contribution < 1.29 is 8.42 Å². The fourth-order valence-electron chi connectivity index (χ4n) is 1.90. The standard InChI is InChI=1S/C14H21BrN2O2S/c1-5-8-17(11(2)3)20(18,19)14-9-12(10-16-4)6-7-13(14)15/h5-7,9,11,16H,1,8,10H2,2-4H3. The zero-order valence-corrected chi connectivity index (χ0v) is 14.5. The van der Waals surface area contributed by atoms with Gasteiger partial charge in [-0.15, -0.1) is 6.58 Å². The fraction of sp³-hybridized carbons (Fsp3) is 0.429. The third-order valence-corrected chi connectivity index (χ3v) is 5.88. The molecule has 1 N–H and O–H groups in total. The Kier molecular flexibility index (Phi) is 6.39. The summed E-state index contributed by atoms with van der Waals surface area (Å²) >= 11 is 3.33. The van der Waals surface area contributed by atoms with Crippen molar-refractivity contribution in [3.63, 3.8) is 0 Å². The van der Waals surface area contributed by atoms with Gasteiger partial charge >= 0.3 is 0 Å². The summed E-state index contributed by atoms with van der Waals surface area (Å²) in [6, 6.07) is 5.24. The molecule has 0 aliphatic carbocycles. The molecular weight excluding hydrogens is 340 g/mol. The molecule has 1 aromatic rings. The molecule has 0 unspecified atom stereocenters. The Balaban J connectivity index is 3.32. The zero-order chi connectivity index (χ0) is 15.3. The Morgan fingerprint density at radius 3 is 2.60 bits per heavy atom. The number of hydrogen-bond donors (Lipinski definition) is 1. The van der Waals surface area contributed by atoms with E-state index in [9.17, 15) is 8.42 Å². The van der Waals surface area contributed by atoms with Gasteiger partial charge in [0.05, 0.1) is 4.90 Å². The van der Waals surface area contributed by atoms with Gasteiger partial charge in [0.25, 0.3) is 0 Å². The Morgan fingerprint density at radius 2 is 2.10 bits per heavy atom. The first-order valence-corrected chi connectivity index (χ1v) is 8.63. The number of rotatable bonds is 7. The molecule has 6 heteroatoms. The quantitative estimate of drug-likeness (QED) is 0.760. The lowest BCUT2D eigenvalue weighted by Gasteiger charge is -2.25. The van der Waals surface area contributed by atoms with E-state index in [-0.39, 0.29) is 6.04 Å². The van der Waals surface area contributed by atoms with Crippen molar-refractivity contribution in [2.45, 2.75) is 31.3 Å². The molecule has 0 spiro atoms. The lowest BCUT2D eigenvalue weighted by Crippen LogP contribution is -2.37. The first-order chi connectivity index (χ1) is 9.34. The minimum Gasteiger partial charge on any atom is -0.316 e. The molecule has 0 heterocycles. The van der Waals surface area contributed by atoms with Crippen LogP contribution in [0.2, 0.25) is 0 Å². The second-order valence-electron chi connectivity index (χ2n) is 4.75. The maximum atomic E-state index is 12.8. The maximum Gasteiger partial charge on any atom is 0.244 e. The van der Waals surface area contributed by atoms with Gasteiger partial charge in [0.15, 0.2) is 0 Å². The van der Waals surface area contributed by atoms with Gasteiger partial charge in [-0.05, 0) is 54.5 Å². The van der Waals surface area contributed by atoms with Crippen LogP contribution in [0.4, 0.5) is 0 Å². The van der Waals surface area contributed by atoms with Crippen LogP contribution in [-0.2, 0) is 16.6 Å². The molecule has 0 atom stereocenters. The lowest BCUT2D eigenvalue weighted by molar-refractivity contribution is 0.382. The molecule has 0 amide bonds. The van der Waals surface area contributed by atoms with Crippen LogP contribution in [0.1, 0.15) is 19.4 Å². The molecule has 1 rings (SSSR count). The maximum absolute atomic E-state index is 12.8. The zero-order valence-electron chi connectivity index (χ0n) is 12.1. The van der Waals surface area contributed by atoms with Crippen LogP contribution < -0.4 is 5.32 Å². The fourth-order valence-corrected chi connectivity index (χ4v) is 4.48. The Labute approximate surface area is 130 Å². The van der Waals surface area contributed by atoms with E-state index in [0.29, 0.717) is 22.5 Å². The van der Waals surface area contributed by atoms with Gasteiger partial charge in [0.2, 0.25) is 10.0 Å². The SMILES string of the molecule is C=CCN(C(C)C)S(=O)(=O)c1cc(CNC)ccc1Br. The van der Waals surface area contributed by atoms with E-state index in [4.69, 9.17) is 0 Å². The average Bonchev–Trinajstić information content (AvgIpc) is 2.37. The number of nitrogens with zero attached hydrogens (tertiary/aromatic N) is 1. The van der Waals surface area contributed by atoms with E-state index in [2.05, 4.69) is 27.8 Å². The molecule has 0 saturated heterocycles. The van der Waals surface area contributed by atoms with Crippen molar-refractivity contribution in [2.75, 3.05) is 13.6 Å². The van der Waals surface area contributed by atoms with Gasteiger partial charge in [0, 0.05) is 23.6 Å². The first-order valence-electron chi connectivity index (χ1n) is 6.40. The normalized spacial score (nSPS) is 12.1. The van der Waals surface area contributed by atoms with E-state index in [1.54, 1.807) is 18.2 Å². The summed E-state index contributed by atoms with van der Waals surface area (Å²) < 4.78 is 27.5.